The molecule has 34 heavy (non-hydrogen) atoms. The van der Waals surface area contributed by atoms with Gasteiger partial charge in [0.25, 0.3) is 0 Å². The first-order valence-corrected chi connectivity index (χ1v) is 16.7. The van der Waals surface area contributed by atoms with Gasteiger partial charge in [-0.1, -0.05) is 149 Å². The van der Waals surface area contributed by atoms with E-state index >= 15 is 0 Å². The molecule has 1 heterocycles. The topological polar surface area (TPSA) is 0 Å². The van der Waals surface area contributed by atoms with E-state index in [0.29, 0.717) is 0 Å². The summed E-state index contributed by atoms with van der Waals surface area (Å²) >= 11 is 0. The highest BCUT2D eigenvalue weighted by Crippen LogP contribution is 2.23. The van der Waals surface area contributed by atoms with Crippen molar-refractivity contribution in [3.63, 3.8) is 0 Å². The molecule has 1 nitrogen and oxygen atoms in total. The number of hydrogen-bond donors (Lipinski definition) is 0. The highest BCUT2D eigenvalue weighted by Gasteiger charge is 2.30. The van der Waals surface area contributed by atoms with E-state index in [2.05, 4.69) is 13.8 Å². The lowest BCUT2D eigenvalue weighted by atomic mass is 10.0. The zero-order chi connectivity index (χ0) is 24.4. The molecule has 1 heteroatoms. The summed E-state index contributed by atoms with van der Waals surface area (Å²) in [5.41, 5.74) is 0. The second-order valence-electron chi connectivity index (χ2n) is 12.1. The molecule has 0 aromatic heterocycles. The van der Waals surface area contributed by atoms with Gasteiger partial charge in [0, 0.05) is 12.8 Å². The van der Waals surface area contributed by atoms with Gasteiger partial charge in [0.2, 0.25) is 0 Å². The number of nitrogens with zero attached hydrogens (tertiary/aromatic N) is 1. The van der Waals surface area contributed by atoms with Crippen LogP contribution in [0.2, 0.25) is 0 Å². The Labute approximate surface area is 217 Å². The fourth-order valence-electron chi connectivity index (χ4n) is 6.32. The lowest BCUT2D eigenvalue weighted by Crippen LogP contribution is -2.46. The minimum absolute atomic E-state index is 1.37. The van der Waals surface area contributed by atoms with Crippen molar-refractivity contribution in [3.05, 3.63) is 0 Å². The second-order valence-corrected chi connectivity index (χ2v) is 12.1. The van der Waals surface area contributed by atoms with Gasteiger partial charge in [-0.2, -0.15) is 0 Å². The molecule has 0 amide bonds. The van der Waals surface area contributed by atoms with Crippen LogP contribution in [0.25, 0.3) is 0 Å². The Morgan fingerprint density at radius 1 is 0.324 bits per heavy atom. The maximum absolute atomic E-state index is 2.32. The lowest BCUT2D eigenvalue weighted by Gasteiger charge is -2.34. The molecular weight excluding hydrogens is 410 g/mol. The second kappa shape index (κ2) is 24.6. The molecule has 0 aliphatic carbocycles. The number of rotatable bonds is 27. The minimum atomic E-state index is 1.37. The van der Waals surface area contributed by atoms with E-state index in [1.165, 1.54) is 204 Å². The van der Waals surface area contributed by atoms with Crippen molar-refractivity contribution in [2.45, 2.75) is 187 Å². The van der Waals surface area contributed by atoms with Crippen molar-refractivity contribution in [1.82, 2.24) is 0 Å². The number of likely N-dealkylation sites (tertiary alicyclic amines) is 1. The molecule has 0 saturated carbocycles. The molecule has 0 spiro atoms. The first-order chi connectivity index (χ1) is 16.8. The van der Waals surface area contributed by atoms with Crippen molar-refractivity contribution in [2.24, 2.45) is 0 Å². The molecule has 1 saturated heterocycles. The zero-order valence-corrected chi connectivity index (χ0v) is 24.4. The molecular formula is C33H68N+. The average molecular weight is 479 g/mol. The van der Waals surface area contributed by atoms with Gasteiger partial charge in [-0.3, -0.25) is 0 Å². The lowest BCUT2D eigenvalue weighted by molar-refractivity contribution is -0.917. The van der Waals surface area contributed by atoms with Crippen LogP contribution in [0.3, 0.4) is 0 Å². The molecule has 1 aliphatic heterocycles. The summed E-state index contributed by atoms with van der Waals surface area (Å²) in [7, 11) is 0. The molecule has 0 radical (unpaired) electrons. The van der Waals surface area contributed by atoms with Crippen LogP contribution in [-0.2, 0) is 0 Å². The minimum Gasteiger partial charge on any atom is -0.324 e. The van der Waals surface area contributed by atoms with Gasteiger partial charge in [0.1, 0.15) is 0 Å². The summed E-state index contributed by atoms with van der Waals surface area (Å²) in [6, 6.07) is 0. The fourth-order valence-corrected chi connectivity index (χ4v) is 6.32. The van der Waals surface area contributed by atoms with Gasteiger partial charge in [-0.15, -0.1) is 0 Å². The number of unbranched alkanes of at least 4 members (excludes halogenated alkanes) is 23. The van der Waals surface area contributed by atoms with E-state index in [1.54, 1.807) is 0 Å². The maximum atomic E-state index is 2.32. The molecule has 0 atom stereocenters. The molecule has 1 aliphatic rings. The molecule has 1 fully saturated rings. The monoisotopic (exact) mass is 479 g/mol. The molecule has 0 unspecified atom stereocenters. The van der Waals surface area contributed by atoms with Crippen molar-refractivity contribution >= 4 is 0 Å². The highest BCUT2D eigenvalue weighted by atomic mass is 15.4. The van der Waals surface area contributed by atoms with E-state index in [-0.39, 0.29) is 0 Å². The zero-order valence-electron chi connectivity index (χ0n) is 24.4. The van der Waals surface area contributed by atoms with Crippen LogP contribution >= 0.6 is 0 Å². The maximum Gasteiger partial charge on any atom is 0.0788 e. The summed E-state index contributed by atoms with van der Waals surface area (Å²) in [5, 5.41) is 0. The van der Waals surface area contributed by atoms with Crippen LogP contribution in [0.4, 0.5) is 0 Å². The van der Waals surface area contributed by atoms with Gasteiger partial charge in [0.05, 0.1) is 26.2 Å². The van der Waals surface area contributed by atoms with E-state index in [0.717, 1.165) is 0 Å². The Kier molecular flexibility index (Phi) is 23.2. The van der Waals surface area contributed by atoms with E-state index in [4.69, 9.17) is 0 Å². The fraction of sp³-hybridized carbons (Fsp3) is 1.00. The molecule has 0 aromatic rings. The van der Waals surface area contributed by atoms with Gasteiger partial charge in [0.15, 0.2) is 0 Å². The van der Waals surface area contributed by atoms with Gasteiger partial charge in [-0.25, -0.2) is 0 Å². The smallest absolute Gasteiger partial charge is 0.0788 e. The number of quaternary nitrogens is 1. The molecule has 204 valence electrons. The third-order valence-corrected chi connectivity index (χ3v) is 8.74. The van der Waals surface area contributed by atoms with E-state index < -0.39 is 0 Å². The predicted octanol–water partition coefficient (Wildman–Crippen LogP) is 11.4. The largest absolute Gasteiger partial charge is 0.324 e. The van der Waals surface area contributed by atoms with E-state index in [1.807, 2.05) is 0 Å². The summed E-state index contributed by atoms with van der Waals surface area (Å²) in [6.45, 7) is 10.6. The van der Waals surface area contributed by atoms with Crippen LogP contribution in [0.15, 0.2) is 0 Å². The van der Waals surface area contributed by atoms with Crippen LogP contribution in [0.5, 0.6) is 0 Å². The van der Waals surface area contributed by atoms with Crippen LogP contribution in [0, 0.1) is 0 Å². The summed E-state index contributed by atoms with van der Waals surface area (Å²) in [4.78, 5) is 0. The van der Waals surface area contributed by atoms with Crippen molar-refractivity contribution < 1.29 is 4.48 Å². The Morgan fingerprint density at radius 3 is 0.824 bits per heavy atom. The summed E-state index contributed by atoms with van der Waals surface area (Å²) < 4.78 is 1.50. The van der Waals surface area contributed by atoms with Crippen molar-refractivity contribution in [2.75, 3.05) is 26.2 Å². The third-order valence-electron chi connectivity index (χ3n) is 8.74. The molecule has 0 N–H and O–H groups in total. The van der Waals surface area contributed by atoms with Gasteiger partial charge >= 0.3 is 0 Å². The Balaban J connectivity index is 1.87. The Bertz CT molecular complexity index is 384. The van der Waals surface area contributed by atoms with Crippen LogP contribution < -0.4 is 0 Å². The van der Waals surface area contributed by atoms with Crippen molar-refractivity contribution in [1.29, 1.82) is 0 Å². The Morgan fingerprint density at radius 2 is 0.559 bits per heavy atom. The van der Waals surface area contributed by atoms with Gasteiger partial charge < -0.3 is 4.48 Å². The quantitative estimate of drug-likeness (QED) is 0.0813. The summed E-state index contributed by atoms with van der Waals surface area (Å²) in [6.07, 6.45) is 39.9. The Hall–Kier alpha value is -0.0400. The van der Waals surface area contributed by atoms with Crippen LogP contribution in [-0.4, -0.2) is 30.7 Å². The van der Waals surface area contributed by atoms with Crippen molar-refractivity contribution in [3.8, 4) is 0 Å². The standard InChI is InChI=1S/C33H68N/c1-3-5-7-9-11-13-14-15-16-17-18-19-21-23-25-27-31-34(32-28-29-33-34)30-26-24-22-20-12-10-8-6-4-2/h3-33H2,1-2H3/q+1. The SMILES string of the molecule is CCCCCCCCCCCCCCCCCC[N+]1(CCCCCCCCCCC)CCCC1. The first-order valence-electron chi connectivity index (χ1n) is 16.7. The highest BCUT2D eigenvalue weighted by molar-refractivity contribution is 4.58. The van der Waals surface area contributed by atoms with Crippen LogP contribution in [0.1, 0.15) is 187 Å². The molecule has 0 bridgehead atoms. The molecule has 1 rings (SSSR count). The third kappa shape index (κ3) is 19.2. The average Bonchev–Trinajstić information content (AvgIpc) is 3.31. The van der Waals surface area contributed by atoms with E-state index in [9.17, 15) is 0 Å². The normalized spacial score (nSPS) is 15.4. The predicted molar refractivity (Wildman–Crippen MR) is 156 cm³/mol. The number of hydrogen-bond acceptors (Lipinski definition) is 0. The first kappa shape index (κ1) is 32.0. The van der Waals surface area contributed by atoms with Gasteiger partial charge in [-0.05, 0) is 25.7 Å². The summed E-state index contributed by atoms with van der Waals surface area (Å²) in [5.74, 6) is 0. The molecule has 0 aromatic carbocycles.